The Balaban J connectivity index is 1.32. The molecule has 2 aliphatic rings. The van der Waals surface area contributed by atoms with Crippen LogP contribution in [-0.2, 0) is 4.74 Å². The summed E-state index contributed by atoms with van der Waals surface area (Å²) >= 11 is 3.54. The van der Waals surface area contributed by atoms with Gasteiger partial charge in [0.05, 0.1) is 17.1 Å². The normalized spacial score (nSPS) is 22.1. The number of ether oxygens (including phenoxy) is 1. The van der Waals surface area contributed by atoms with Gasteiger partial charge in [0.1, 0.15) is 11.4 Å². The summed E-state index contributed by atoms with van der Waals surface area (Å²) in [6, 6.07) is 19.4. The van der Waals surface area contributed by atoms with Gasteiger partial charge in [-0.25, -0.2) is 9.78 Å². The van der Waals surface area contributed by atoms with Crippen LogP contribution < -0.4 is 0 Å². The average Bonchev–Trinajstić information content (AvgIpc) is 3.22. The second kappa shape index (κ2) is 7.32. The highest BCUT2D eigenvalue weighted by molar-refractivity contribution is 9.10. The lowest BCUT2D eigenvalue weighted by molar-refractivity contribution is 0.0175. The Labute approximate surface area is 201 Å². The summed E-state index contributed by atoms with van der Waals surface area (Å²) < 4.78 is 6.79. The minimum absolute atomic E-state index is 0.0569. The zero-order valence-corrected chi connectivity index (χ0v) is 20.5. The first kappa shape index (κ1) is 20.7. The number of benzene rings is 3. The number of nitrogens with zero attached hydrogens (tertiary/aromatic N) is 2. The van der Waals surface area contributed by atoms with E-state index >= 15 is 0 Å². The van der Waals surface area contributed by atoms with E-state index in [0.717, 1.165) is 39.7 Å². The topological polar surface area (TPSA) is 58.2 Å². The van der Waals surface area contributed by atoms with E-state index in [0.29, 0.717) is 5.92 Å². The summed E-state index contributed by atoms with van der Waals surface area (Å²) in [5.41, 5.74) is 3.71. The fourth-order valence-electron chi connectivity index (χ4n) is 5.04. The van der Waals surface area contributed by atoms with Crippen LogP contribution in [0.5, 0.6) is 0 Å². The van der Waals surface area contributed by atoms with Gasteiger partial charge in [0.25, 0.3) is 0 Å². The molecule has 0 bridgehead atoms. The third-order valence-electron chi connectivity index (χ3n) is 6.66. The summed E-state index contributed by atoms with van der Waals surface area (Å²) in [6.45, 7) is 5.73. The fourth-order valence-corrected chi connectivity index (χ4v) is 5.42. The Bertz CT molecular complexity index is 1400. The molecule has 1 aliphatic carbocycles. The predicted molar refractivity (Wildman–Crippen MR) is 134 cm³/mol. The molecule has 1 saturated carbocycles. The standard InChI is InChI=1S/C27H26BrN3O2/c1-27(2,3)33-26(32)31-23-13-19(23)14-24(31)25-29-21-9-7-18(12-22(21)30-25)15-4-5-17-11-20(28)8-6-16(17)10-15/h4-12,19,23-24H,13-14H2,1-3H3,(H,29,30). The van der Waals surface area contributed by atoms with Crippen molar-refractivity contribution < 1.29 is 9.53 Å². The van der Waals surface area contributed by atoms with Crippen LogP contribution >= 0.6 is 15.9 Å². The Hall–Kier alpha value is -2.86. The number of amides is 1. The van der Waals surface area contributed by atoms with Gasteiger partial charge in [-0.05, 0) is 91.8 Å². The molecule has 168 valence electrons. The van der Waals surface area contributed by atoms with Crippen LogP contribution in [-0.4, -0.2) is 32.6 Å². The minimum atomic E-state index is -0.507. The van der Waals surface area contributed by atoms with Crippen molar-refractivity contribution in [3.05, 3.63) is 64.9 Å². The maximum absolute atomic E-state index is 12.9. The molecule has 0 spiro atoms. The molecule has 0 radical (unpaired) electrons. The monoisotopic (exact) mass is 503 g/mol. The number of aromatic amines is 1. The summed E-state index contributed by atoms with van der Waals surface area (Å²) in [4.78, 5) is 23.2. The van der Waals surface area contributed by atoms with Gasteiger partial charge < -0.3 is 9.72 Å². The highest BCUT2D eigenvalue weighted by Gasteiger charge is 2.56. The van der Waals surface area contributed by atoms with Crippen molar-refractivity contribution in [2.24, 2.45) is 5.92 Å². The highest BCUT2D eigenvalue weighted by atomic mass is 79.9. The number of nitrogens with one attached hydrogen (secondary N) is 1. The van der Waals surface area contributed by atoms with E-state index < -0.39 is 5.60 Å². The molecule has 2 heterocycles. The Morgan fingerprint density at radius 2 is 1.76 bits per heavy atom. The first-order chi connectivity index (χ1) is 15.7. The van der Waals surface area contributed by atoms with Gasteiger partial charge in [0.2, 0.25) is 0 Å². The largest absolute Gasteiger partial charge is 0.444 e. The first-order valence-corrected chi connectivity index (χ1v) is 12.3. The third kappa shape index (κ3) is 3.80. The molecule has 2 fully saturated rings. The van der Waals surface area contributed by atoms with Gasteiger partial charge in [0, 0.05) is 10.5 Å². The number of H-pyrrole nitrogens is 1. The Kier molecular flexibility index (Phi) is 4.60. The van der Waals surface area contributed by atoms with Gasteiger partial charge in [-0.3, -0.25) is 4.90 Å². The quantitative estimate of drug-likeness (QED) is 0.314. The molecule has 1 amide bonds. The molecule has 33 heavy (non-hydrogen) atoms. The van der Waals surface area contributed by atoms with Gasteiger partial charge in [-0.2, -0.15) is 0 Å². The van der Waals surface area contributed by atoms with Crippen LogP contribution in [0.2, 0.25) is 0 Å². The second-order valence-corrected chi connectivity index (χ2v) is 11.2. The number of carbonyl (C=O) groups excluding carboxylic acids is 1. The van der Waals surface area contributed by atoms with Crippen LogP contribution in [0.3, 0.4) is 0 Å². The van der Waals surface area contributed by atoms with Crippen LogP contribution in [0.4, 0.5) is 4.79 Å². The Morgan fingerprint density at radius 3 is 2.58 bits per heavy atom. The Morgan fingerprint density at radius 1 is 1.03 bits per heavy atom. The number of halogens is 1. The third-order valence-corrected chi connectivity index (χ3v) is 7.15. The maximum Gasteiger partial charge on any atom is 0.411 e. The van der Waals surface area contributed by atoms with E-state index in [2.05, 4.69) is 75.5 Å². The van der Waals surface area contributed by atoms with E-state index in [1.54, 1.807) is 0 Å². The van der Waals surface area contributed by atoms with Crippen molar-refractivity contribution >= 4 is 43.8 Å². The van der Waals surface area contributed by atoms with Crippen molar-refractivity contribution in [1.29, 1.82) is 0 Å². The van der Waals surface area contributed by atoms with E-state index in [1.807, 2.05) is 25.7 Å². The SMILES string of the molecule is CC(C)(C)OC(=O)N1C(c2nc3ccc(-c4ccc5cc(Br)ccc5c4)cc3[nH]2)CC2CC21. The number of fused-ring (bicyclic) bond motifs is 3. The zero-order chi connectivity index (χ0) is 22.9. The van der Waals surface area contributed by atoms with E-state index in [-0.39, 0.29) is 18.2 Å². The summed E-state index contributed by atoms with van der Waals surface area (Å²) in [5.74, 6) is 1.41. The molecule has 6 rings (SSSR count). The number of likely N-dealkylation sites (tertiary alicyclic amines) is 1. The van der Waals surface area contributed by atoms with Crippen LogP contribution in [0.15, 0.2) is 59.1 Å². The number of hydrogen-bond donors (Lipinski definition) is 1. The van der Waals surface area contributed by atoms with Crippen molar-refractivity contribution in [2.75, 3.05) is 0 Å². The van der Waals surface area contributed by atoms with E-state index in [9.17, 15) is 4.79 Å². The van der Waals surface area contributed by atoms with E-state index in [1.165, 1.54) is 16.3 Å². The molecule has 1 aromatic heterocycles. The number of piperidine rings is 1. The number of carbonyl (C=O) groups is 1. The van der Waals surface area contributed by atoms with Gasteiger partial charge in [-0.15, -0.1) is 0 Å². The van der Waals surface area contributed by atoms with Gasteiger partial charge in [-0.1, -0.05) is 40.2 Å². The molecule has 6 heteroatoms. The zero-order valence-electron chi connectivity index (χ0n) is 18.9. The molecular formula is C27H26BrN3O2. The summed E-state index contributed by atoms with van der Waals surface area (Å²) in [7, 11) is 0. The number of aromatic nitrogens is 2. The van der Waals surface area contributed by atoms with Crippen molar-refractivity contribution in [3.8, 4) is 11.1 Å². The molecule has 3 aromatic carbocycles. The average molecular weight is 504 g/mol. The lowest BCUT2D eigenvalue weighted by atomic mass is 10.0. The molecular weight excluding hydrogens is 478 g/mol. The number of imidazole rings is 1. The van der Waals surface area contributed by atoms with Crippen LogP contribution in [0, 0.1) is 5.92 Å². The molecule has 3 unspecified atom stereocenters. The molecule has 1 saturated heterocycles. The summed E-state index contributed by atoms with van der Waals surface area (Å²) in [5, 5.41) is 2.42. The lowest BCUT2D eigenvalue weighted by Gasteiger charge is -2.29. The van der Waals surface area contributed by atoms with Crippen LogP contribution in [0.1, 0.15) is 45.5 Å². The molecule has 5 nitrogen and oxygen atoms in total. The summed E-state index contributed by atoms with van der Waals surface area (Å²) in [6.07, 6.45) is 1.77. The van der Waals surface area contributed by atoms with E-state index in [4.69, 9.17) is 9.72 Å². The molecule has 3 atom stereocenters. The van der Waals surface area contributed by atoms with Gasteiger partial charge in [0.15, 0.2) is 0 Å². The minimum Gasteiger partial charge on any atom is -0.444 e. The lowest BCUT2D eigenvalue weighted by Crippen LogP contribution is -2.38. The second-order valence-electron chi connectivity index (χ2n) is 10.3. The molecule has 4 aromatic rings. The molecule has 1 N–H and O–H groups in total. The highest BCUT2D eigenvalue weighted by Crippen LogP contribution is 2.53. The van der Waals surface area contributed by atoms with Crippen molar-refractivity contribution in [1.82, 2.24) is 14.9 Å². The van der Waals surface area contributed by atoms with Gasteiger partial charge >= 0.3 is 6.09 Å². The first-order valence-electron chi connectivity index (χ1n) is 11.5. The number of hydrogen-bond acceptors (Lipinski definition) is 3. The van der Waals surface area contributed by atoms with Crippen LogP contribution in [0.25, 0.3) is 32.9 Å². The maximum atomic E-state index is 12.9. The van der Waals surface area contributed by atoms with Crippen molar-refractivity contribution in [3.63, 3.8) is 0 Å². The molecule has 1 aliphatic heterocycles. The fraction of sp³-hybridized carbons (Fsp3) is 0.333. The number of rotatable bonds is 2. The predicted octanol–water partition coefficient (Wildman–Crippen LogP) is 7.22. The van der Waals surface area contributed by atoms with Crippen molar-refractivity contribution in [2.45, 2.75) is 51.3 Å². The smallest absolute Gasteiger partial charge is 0.411 e.